The van der Waals surface area contributed by atoms with Crippen LogP contribution in [0.3, 0.4) is 0 Å². The molecule has 154 valence electrons. The number of hydrogen-bond acceptors (Lipinski definition) is 7. The molecule has 3 rings (SSSR count). The Morgan fingerprint density at radius 3 is 2.76 bits per heavy atom. The molecule has 1 aromatic carbocycles. The van der Waals surface area contributed by atoms with E-state index in [0.717, 1.165) is 16.3 Å². The van der Waals surface area contributed by atoms with Gasteiger partial charge in [-0.1, -0.05) is 23.9 Å². The Morgan fingerprint density at radius 1 is 1.34 bits per heavy atom. The Kier molecular flexibility index (Phi) is 6.13. The molecule has 0 amide bonds. The molecule has 0 radical (unpaired) electrons. The summed E-state index contributed by atoms with van der Waals surface area (Å²) in [5.74, 6) is -1.39. The van der Waals surface area contributed by atoms with Crippen molar-refractivity contribution in [2.45, 2.75) is 18.3 Å². The number of alkyl halides is 2. The Labute approximate surface area is 166 Å². The van der Waals surface area contributed by atoms with Crippen molar-refractivity contribution in [1.29, 1.82) is 0 Å². The number of anilines is 1. The maximum atomic E-state index is 13.5. The van der Waals surface area contributed by atoms with Crippen LogP contribution >= 0.6 is 11.8 Å². The summed E-state index contributed by atoms with van der Waals surface area (Å²) < 4.78 is 33.6. The molecule has 0 bridgehead atoms. The van der Waals surface area contributed by atoms with Gasteiger partial charge in [0, 0.05) is 7.11 Å². The van der Waals surface area contributed by atoms with E-state index in [1.165, 1.54) is 13.2 Å². The second-order valence-electron chi connectivity index (χ2n) is 5.91. The van der Waals surface area contributed by atoms with Crippen LogP contribution in [0.2, 0.25) is 0 Å². The second kappa shape index (κ2) is 8.57. The molecule has 0 spiro atoms. The number of nitrogens with zero attached hydrogens (tertiary/aromatic N) is 3. The monoisotopic (exact) mass is 425 g/mol. The molecule has 2 heterocycles. The zero-order valence-corrected chi connectivity index (χ0v) is 16.0. The smallest absolute Gasteiger partial charge is 0.330 e. The zero-order chi connectivity index (χ0) is 21.1. The van der Waals surface area contributed by atoms with E-state index in [9.17, 15) is 23.2 Å². The number of fused-ring (bicyclic) bond motifs is 1. The number of para-hydroxylation sites is 2. The SMILES string of the molecule is COCCn1c(N)c(C(=O)CSc2nc3ccccc3n2C(F)F)c(=O)[nH]c1=O. The molecule has 12 heteroatoms. The lowest BCUT2D eigenvalue weighted by Crippen LogP contribution is -2.37. The molecular weight excluding hydrogens is 408 g/mol. The number of nitrogens with two attached hydrogens (primary N) is 1. The van der Waals surface area contributed by atoms with Crippen LogP contribution in [0.5, 0.6) is 0 Å². The van der Waals surface area contributed by atoms with Crippen LogP contribution in [0.1, 0.15) is 16.9 Å². The number of aromatic nitrogens is 4. The molecule has 0 aliphatic carbocycles. The Balaban J connectivity index is 1.91. The highest BCUT2D eigenvalue weighted by atomic mass is 32.2. The molecule has 9 nitrogen and oxygen atoms in total. The summed E-state index contributed by atoms with van der Waals surface area (Å²) >= 11 is 0.751. The minimum atomic E-state index is -2.86. The van der Waals surface area contributed by atoms with Gasteiger partial charge in [0.25, 0.3) is 5.56 Å². The summed E-state index contributed by atoms with van der Waals surface area (Å²) in [4.78, 5) is 42.8. The van der Waals surface area contributed by atoms with Gasteiger partial charge in [-0.2, -0.15) is 8.78 Å². The number of carbonyl (C=O) groups excluding carboxylic acids is 1. The lowest BCUT2D eigenvalue weighted by atomic mass is 10.2. The standard InChI is InChI=1S/C17H17F2N5O4S/c1-28-7-6-23-13(20)12(14(26)22-16(23)27)11(25)8-29-17-21-9-4-2-3-5-10(9)24(17)15(18)19/h2-5,15H,6-8,20H2,1H3,(H,22,26,27). The van der Waals surface area contributed by atoms with Gasteiger partial charge in [-0.05, 0) is 12.1 Å². The van der Waals surface area contributed by atoms with Gasteiger partial charge in [-0.25, -0.2) is 9.78 Å². The predicted molar refractivity (Wildman–Crippen MR) is 104 cm³/mol. The lowest BCUT2D eigenvalue weighted by molar-refractivity contribution is 0.0656. The van der Waals surface area contributed by atoms with Crippen LogP contribution in [-0.2, 0) is 11.3 Å². The van der Waals surface area contributed by atoms with Crippen LogP contribution in [0.4, 0.5) is 14.6 Å². The van der Waals surface area contributed by atoms with Crippen LogP contribution < -0.4 is 17.0 Å². The third kappa shape index (κ3) is 4.07. The van der Waals surface area contributed by atoms with Crippen molar-refractivity contribution < 1.29 is 18.3 Å². The molecule has 0 unspecified atom stereocenters. The maximum absolute atomic E-state index is 13.5. The number of benzene rings is 1. The van der Waals surface area contributed by atoms with Gasteiger partial charge in [0.15, 0.2) is 10.9 Å². The van der Waals surface area contributed by atoms with Gasteiger partial charge in [-0.3, -0.25) is 23.7 Å². The molecule has 0 fully saturated rings. The highest BCUT2D eigenvalue weighted by Gasteiger charge is 2.22. The number of hydrogen-bond donors (Lipinski definition) is 2. The van der Waals surface area contributed by atoms with Crippen LogP contribution in [0.15, 0.2) is 39.0 Å². The van der Waals surface area contributed by atoms with Crippen molar-refractivity contribution in [3.63, 3.8) is 0 Å². The highest BCUT2D eigenvalue weighted by molar-refractivity contribution is 7.99. The molecule has 0 aliphatic rings. The number of rotatable bonds is 8. The van der Waals surface area contributed by atoms with Crippen molar-refractivity contribution in [2.24, 2.45) is 0 Å². The van der Waals surface area contributed by atoms with E-state index in [-0.39, 0.29) is 35.4 Å². The quantitative estimate of drug-likeness (QED) is 0.414. The number of ketones is 1. The third-order valence-corrected chi connectivity index (χ3v) is 5.08. The molecule has 3 aromatic rings. The summed E-state index contributed by atoms with van der Waals surface area (Å²) in [6, 6.07) is 6.34. The van der Waals surface area contributed by atoms with E-state index in [0.29, 0.717) is 10.1 Å². The van der Waals surface area contributed by atoms with Crippen LogP contribution in [-0.4, -0.2) is 44.4 Å². The third-order valence-electron chi connectivity index (χ3n) is 4.13. The van der Waals surface area contributed by atoms with Gasteiger partial charge in [0.2, 0.25) is 0 Å². The Hall–Kier alpha value is -2.99. The first kappa shape index (κ1) is 20.7. The molecule has 0 aliphatic heterocycles. The van der Waals surface area contributed by atoms with Crippen molar-refractivity contribution in [1.82, 2.24) is 19.1 Å². The predicted octanol–water partition coefficient (Wildman–Crippen LogP) is 1.49. The molecule has 29 heavy (non-hydrogen) atoms. The largest absolute Gasteiger partial charge is 0.384 e. The van der Waals surface area contributed by atoms with Crippen LogP contribution in [0.25, 0.3) is 11.0 Å². The number of halogens is 2. The summed E-state index contributed by atoms with van der Waals surface area (Å²) in [5.41, 5.74) is 4.32. The number of Topliss-reactive ketones (excluding diaryl/α,β-unsaturated/α-hetero) is 1. The minimum absolute atomic E-state index is 0.0343. The first-order chi connectivity index (χ1) is 13.8. The number of thioether (sulfide) groups is 1. The number of nitrogens with one attached hydrogen (secondary N) is 1. The number of carbonyl (C=O) groups is 1. The fourth-order valence-corrected chi connectivity index (χ4v) is 3.66. The van der Waals surface area contributed by atoms with E-state index < -0.39 is 29.1 Å². The van der Waals surface area contributed by atoms with E-state index >= 15 is 0 Å². The molecular formula is C17H17F2N5O4S. The first-order valence-electron chi connectivity index (χ1n) is 8.37. The number of H-pyrrole nitrogens is 1. The first-order valence-corrected chi connectivity index (χ1v) is 9.36. The van der Waals surface area contributed by atoms with E-state index in [4.69, 9.17) is 10.5 Å². The number of aromatic amines is 1. The topological polar surface area (TPSA) is 125 Å². The van der Waals surface area contributed by atoms with Crippen LogP contribution in [0, 0.1) is 0 Å². The van der Waals surface area contributed by atoms with E-state index in [2.05, 4.69) is 4.98 Å². The fourth-order valence-electron chi connectivity index (χ4n) is 2.78. The second-order valence-corrected chi connectivity index (χ2v) is 6.85. The van der Waals surface area contributed by atoms with E-state index in [1.807, 2.05) is 4.98 Å². The van der Waals surface area contributed by atoms with Crippen molar-refractivity contribution in [3.05, 3.63) is 50.7 Å². The summed E-state index contributed by atoms with van der Waals surface area (Å²) in [6.45, 7) is -2.69. The molecule has 3 N–H and O–H groups in total. The Bertz CT molecular complexity index is 1170. The fraction of sp³-hybridized carbons (Fsp3) is 0.294. The maximum Gasteiger partial charge on any atom is 0.330 e. The van der Waals surface area contributed by atoms with Crippen molar-refractivity contribution >= 4 is 34.4 Å². The van der Waals surface area contributed by atoms with Gasteiger partial charge in [0.1, 0.15) is 11.4 Å². The molecule has 0 atom stereocenters. The lowest BCUT2D eigenvalue weighted by Gasteiger charge is -2.11. The minimum Gasteiger partial charge on any atom is -0.384 e. The van der Waals surface area contributed by atoms with Gasteiger partial charge < -0.3 is 10.5 Å². The number of methoxy groups -OCH3 is 1. The number of imidazole rings is 1. The zero-order valence-electron chi connectivity index (χ0n) is 15.2. The molecule has 2 aromatic heterocycles. The van der Waals surface area contributed by atoms with Crippen molar-refractivity contribution in [3.8, 4) is 0 Å². The van der Waals surface area contributed by atoms with Gasteiger partial charge in [0.05, 0.1) is 29.9 Å². The average molecular weight is 425 g/mol. The van der Waals surface area contributed by atoms with Crippen molar-refractivity contribution in [2.75, 3.05) is 25.2 Å². The van der Waals surface area contributed by atoms with Gasteiger partial charge >= 0.3 is 12.2 Å². The van der Waals surface area contributed by atoms with Gasteiger partial charge in [-0.15, -0.1) is 0 Å². The normalized spacial score (nSPS) is 11.4. The summed E-state index contributed by atoms with van der Waals surface area (Å²) in [6.07, 6.45) is 0. The summed E-state index contributed by atoms with van der Waals surface area (Å²) in [5, 5.41) is -0.0720. The Morgan fingerprint density at radius 2 is 2.07 bits per heavy atom. The molecule has 0 saturated carbocycles. The number of nitrogen functional groups attached to an aromatic ring is 1. The summed E-state index contributed by atoms with van der Waals surface area (Å²) in [7, 11) is 1.42. The molecule has 0 saturated heterocycles. The van der Waals surface area contributed by atoms with E-state index in [1.54, 1.807) is 18.2 Å². The number of ether oxygens (including phenoxy) is 1. The average Bonchev–Trinajstić information content (AvgIpc) is 3.04. The highest BCUT2D eigenvalue weighted by Crippen LogP contribution is 2.29.